The zero-order valence-electron chi connectivity index (χ0n) is 9.27. The minimum Gasteiger partial charge on any atom is -0.480 e. The second kappa shape index (κ2) is 5.58. The van der Waals surface area contributed by atoms with Crippen LogP contribution < -0.4 is 0 Å². The van der Waals surface area contributed by atoms with Gasteiger partial charge in [-0.25, -0.2) is 8.42 Å². The normalized spacial score (nSPS) is 11.1. The summed E-state index contributed by atoms with van der Waals surface area (Å²) in [5, 5.41) is 19.1. The van der Waals surface area contributed by atoms with Gasteiger partial charge >= 0.3 is 5.97 Å². The zero-order chi connectivity index (χ0) is 13.8. The van der Waals surface area contributed by atoms with Gasteiger partial charge in [0.15, 0.2) is 9.84 Å². The molecule has 0 aliphatic heterocycles. The van der Waals surface area contributed by atoms with E-state index in [0.717, 1.165) is 0 Å². The number of hydrogen-bond donors (Lipinski definition) is 1. The number of hydrogen-bond acceptors (Lipinski definition) is 5. The van der Waals surface area contributed by atoms with Gasteiger partial charge in [0.2, 0.25) is 0 Å². The molecular formula is C10H11NO6S. The van der Waals surface area contributed by atoms with Crippen molar-refractivity contribution in [1.82, 2.24) is 0 Å². The van der Waals surface area contributed by atoms with Gasteiger partial charge < -0.3 is 5.11 Å². The van der Waals surface area contributed by atoms with E-state index >= 15 is 0 Å². The third kappa shape index (κ3) is 4.13. The number of nitrogens with zero attached hydrogens (tertiary/aromatic N) is 1. The van der Waals surface area contributed by atoms with E-state index in [1.165, 1.54) is 18.2 Å². The number of sulfone groups is 1. The molecule has 0 bridgehead atoms. The summed E-state index contributed by atoms with van der Waals surface area (Å²) >= 11 is 0. The van der Waals surface area contributed by atoms with Crippen LogP contribution in [0.15, 0.2) is 24.3 Å². The van der Waals surface area contributed by atoms with Gasteiger partial charge in [-0.15, -0.1) is 0 Å². The molecule has 0 aromatic heterocycles. The maximum Gasteiger partial charge on any atom is 0.318 e. The van der Waals surface area contributed by atoms with Crippen molar-refractivity contribution < 1.29 is 23.2 Å². The number of nitro groups is 1. The molecule has 0 fully saturated rings. The lowest BCUT2D eigenvalue weighted by atomic mass is 10.1. The van der Waals surface area contributed by atoms with Gasteiger partial charge in [0, 0.05) is 11.6 Å². The first-order valence-corrected chi connectivity index (χ1v) is 6.78. The highest BCUT2D eigenvalue weighted by Gasteiger charge is 2.19. The number of aryl methyl sites for hydroxylation is 1. The lowest BCUT2D eigenvalue weighted by Gasteiger charge is -2.03. The maximum absolute atomic E-state index is 11.3. The Labute approximate surface area is 103 Å². The number of aliphatic carboxylic acids is 1. The Balaban J connectivity index is 2.81. The Morgan fingerprint density at radius 1 is 1.33 bits per heavy atom. The van der Waals surface area contributed by atoms with Crippen LogP contribution in [-0.4, -0.2) is 35.9 Å². The van der Waals surface area contributed by atoms with E-state index in [1.54, 1.807) is 6.07 Å². The molecular weight excluding hydrogens is 262 g/mol. The summed E-state index contributed by atoms with van der Waals surface area (Å²) in [7, 11) is -3.74. The fourth-order valence-electron chi connectivity index (χ4n) is 1.43. The molecule has 0 radical (unpaired) electrons. The van der Waals surface area contributed by atoms with Crippen molar-refractivity contribution in [3.63, 3.8) is 0 Å². The lowest BCUT2D eigenvalue weighted by molar-refractivity contribution is -0.385. The Kier molecular flexibility index (Phi) is 4.38. The van der Waals surface area contributed by atoms with Gasteiger partial charge in [0.05, 0.1) is 10.7 Å². The van der Waals surface area contributed by atoms with E-state index in [9.17, 15) is 23.3 Å². The number of para-hydroxylation sites is 1. The summed E-state index contributed by atoms with van der Waals surface area (Å²) in [6, 6.07) is 5.77. The largest absolute Gasteiger partial charge is 0.480 e. The smallest absolute Gasteiger partial charge is 0.318 e. The number of carboxylic acid groups (broad SMARTS) is 1. The summed E-state index contributed by atoms with van der Waals surface area (Å²) in [4.78, 5) is 20.4. The van der Waals surface area contributed by atoms with E-state index in [4.69, 9.17) is 5.11 Å². The van der Waals surface area contributed by atoms with Crippen LogP contribution in [0.4, 0.5) is 5.69 Å². The topological polar surface area (TPSA) is 115 Å². The third-order valence-electron chi connectivity index (χ3n) is 2.21. The van der Waals surface area contributed by atoms with Crippen molar-refractivity contribution in [2.24, 2.45) is 0 Å². The molecule has 0 amide bonds. The van der Waals surface area contributed by atoms with Gasteiger partial charge in [0.25, 0.3) is 5.69 Å². The molecule has 0 saturated carbocycles. The van der Waals surface area contributed by atoms with Gasteiger partial charge in [-0.05, 0) is 6.42 Å². The molecule has 0 heterocycles. The fourth-order valence-corrected chi connectivity index (χ4v) is 2.48. The van der Waals surface area contributed by atoms with Crippen LogP contribution in [0.2, 0.25) is 0 Å². The first-order chi connectivity index (χ1) is 8.32. The third-order valence-corrected chi connectivity index (χ3v) is 3.73. The second-order valence-electron chi connectivity index (χ2n) is 3.62. The quantitative estimate of drug-likeness (QED) is 0.600. The molecule has 0 atom stereocenters. The molecule has 98 valence electrons. The highest BCUT2D eigenvalue weighted by molar-refractivity contribution is 7.92. The zero-order valence-corrected chi connectivity index (χ0v) is 10.1. The SMILES string of the molecule is O=C(O)CS(=O)(=O)CCc1ccccc1[N+](=O)[O-]. The number of carboxylic acids is 1. The van der Waals surface area contributed by atoms with E-state index in [2.05, 4.69) is 0 Å². The first kappa shape index (κ1) is 14.1. The Hall–Kier alpha value is -1.96. The highest BCUT2D eigenvalue weighted by atomic mass is 32.2. The van der Waals surface area contributed by atoms with E-state index in [1.807, 2.05) is 0 Å². The van der Waals surface area contributed by atoms with Crippen LogP contribution in [-0.2, 0) is 21.1 Å². The molecule has 1 aromatic rings. The summed E-state index contributed by atoms with van der Waals surface area (Å²) in [6.07, 6.45) is -0.0766. The first-order valence-electron chi connectivity index (χ1n) is 4.96. The van der Waals surface area contributed by atoms with Crippen LogP contribution in [0.5, 0.6) is 0 Å². The van der Waals surface area contributed by atoms with Crippen molar-refractivity contribution >= 4 is 21.5 Å². The van der Waals surface area contributed by atoms with Crippen molar-refractivity contribution in [2.75, 3.05) is 11.5 Å². The fraction of sp³-hybridized carbons (Fsp3) is 0.300. The van der Waals surface area contributed by atoms with Crippen LogP contribution in [0.3, 0.4) is 0 Å². The minimum absolute atomic E-state index is 0.0766. The molecule has 0 saturated heterocycles. The van der Waals surface area contributed by atoms with E-state index < -0.39 is 32.2 Å². The van der Waals surface area contributed by atoms with Crippen molar-refractivity contribution in [3.8, 4) is 0 Å². The number of benzene rings is 1. The van der Waals surface area contributed by atoms with Crippen molar-refractivity contribution in [3.05, 3.63) is 39.9 Å². The van der Waals surface area contributed by atoms with Crippen LogP contribution in [0.1, 0.15) is 5.56 Å². The van der Waals surface area contributed by atoms with Crippen molar-refractivity contribution in [1.29, 1.82) is 0 Å². The monoisotopic (exact) mass is 273 g/mol. The molecule has 1 aromatic carbocycles. The Morgan fingerprint density at radius 2 is 1.94 bits per heavy atom. The second-order valence-corrected chi connectivity index (χ2v) is 5.81. The Bertz CT molecular complexity index is 565. The van der Waals surface area contributed by atoms with Gasteiger partial charge in [-0.2, -0.15) is 0 Å². The molecule has 18 heavy (non-hydrogen) atoms. The standard InChI is InChI=1S/C10H11NO6S/c12-10(13)7-18(16,17)6-5-8-3-1-2-4-9(8)11(14)15/h1-4H,5-7H2,(H,12,13). The predicted molar refractivity (Wildman–Crippen MR) is 63.1 cm³/mol. The average molecular weight is 273 g/mol. The van der Waals surface area contributed by atoms with Crippen molar-refractivity contribution in [2.45, 2.75) is 6.42 Å². The predicted octanol–water partition coefficient (Wildman–Crippen LogP) is 0.637. The van der Waals surface area contributed by atoms with Gasteiger partial charge in [-0.3, -0.25) is 14.9 Å². The maximum atomic E-state index is 11.3. The summed E-state index contributed by atoms with van der Waals surface area (Å²) in [5.74, 6) is -2.82. The molecule has 0 unspecified atom stereocenters. The number of rotatable bonds is 6. The highest BCUT2D eigenvalue weighted by Crippen LogP contribution is 2.18. The summed E-state index contributed by atoms with van der Waals surface area (Å²) < 4.78 is 22.7. The molecule has 1 N–H and O–H groups in total. The van der Waals surface area contributed by atoms with Crippen LogP contribution in [0.25, 0.3) is 0 Å². The summed E-state index contributed by atoms with van der Waals surface area (Å²) in [5.41, 5.74) is 0.111. The number of carbonyl (C=O) groups is 1. The van der Waals surface area contributed by atoms with Gasteiger partial charge in [0.1, 0.15) is 5.75 Å². The molecule has 1 rings (SSSR count). The molecule has 0 aliphatic carbocycles. The average Bonchev–Trinajstić information content (AvgIpc) is 2.25. The lowest BCUT2D eigenvalue weighted by Crippen LogP contribution is -2.19. The Morgan fingerprint density at radius 3 is 2.50 bits per heavy atom. The van der Waals surface area contributed by atoms with E-state index in [-0.39, 0.29) is 17.7 Å². The van der Waals surface area contributed by atoms with Crippen LogP contribution >= 0.6 is 0 Å². The summed E-state index contributed by atoms with van der Waals surface area (Å²) in [6.45, 7) is 0. The number of nitro benzene ring substituents is 1. The molecule has 0 aliphatic rings. The molecule has 0 spiro atoms. The molecule has 8 heteroatoms. The minimum atomic E-state index is -3.74. The van der Waals surface area contributed by atoms with Gasteiger partial charge in [-0.1, -0.05) is 18.2 Å². The van der Waals surface area contributed by atoms with Crippen LogP contribution in [0, 0.1) is 10.1 Å². The van der Waals surface area contributed by atoms with E-state index in [0.29, 0.717) is 0 Å². The molecule has 7 nitrogen and oxygen atoms in total.